The maximum absolute atomic E-state index is 12.2. The van der Waals surface area contributed by atoms with Crippen LogP contribution in [-0.2, 0) is 6.54 Å². The minimum Gasteiger partial charge on any atom is -0.487 e. The number of pyridine rings is 1. The topological polar surface area (TPSA) is 34.1 Å². The molecule has 1 rings (SSSR count). The zero-order valence-corrected chi connectivity index (χ0v) is 11.3. The summed E-state index contributed by atoms with van der Waals surface area (Å²) < 4.78 is 29.5. The van der Waals surface area contributed by atoms with Gasteiger partial charge in [-0.2, -0.15) is 0 Å². The summed E-state index contributed by atoms with van der Waals surface area (Å²) in [5.74, 6) is 0.472. The minimum atomic E-state index is -2.47. The number of nitrogens with one attached hydrogen (secondary N) is 1. The first-order valence-electron chi connectivity index (χ1n) is 5.89. The van der Waals surface area contributed by atoms with E-state index in [1.807, 2.05) is 20.8 Å². The molecule has 102 valence electrons. The van der Waals surface area contributed by atoms with Gasteiger partial charge in [-0.05, 0) is 27.7 Å². The third-order valence-electron chi connectivity index (χ3n) is 2.25. The van der Waals surface area contributed by atoms with Crippen molar-refractivity contribution in [3.05, 3.63) is 23.5 Å². The summed E-state index contributed by atoms with van der Waals surface area (Å²) in [6, 6.07) is 1.68. The normalized spacial score (nSPS) is 11.9. The van der Waals surface area contributed by atoms with Crippen molar-refractivity contribution in [1.29, 1.82) is 0 Å². The van der Waals surface area contributed by atoms with E-state index in [1.54, 1.807) is 19.2 Å². The molecule has 5 heteroatoms. The molecule has 3 nitrogen and oxygen atoms in total. The van der Waals surface area contributed by atoms with Gasteiger partial charge in [0.2, 0.25) is 0 Å². The number of aryl methyl sites for hydroxylation is 1. The van der Waals surface area contributed by atoms with Crippen LogP contribution in [0.3, 0.4) is 0 Å². The van der Waals surface area contributed by atoms with Crippen LogP contribution >= 0.6 is 0 Å². The number of aromatic nitrogens is 1. The Kier molecular flexibility index (Phi) is 5.02. The van der Waals surface area contributed by atoms with E-state index in [4.69, 9.17) is 4.74 Å². The van der Waals surface area contributed by atoms with E-state index in [2.05, 4.69) is 10.3 Å². The molecule has 0 atom stereocenters. The molecule has 1 N–H and O–H groups in total. The first-order valence-corrected chi connectivity index (χ1v) is 5.89. The third-order valence-corrected chi connectivity index (χ3v) is 2.25. The first-order chi connectivity index (χ1) is 8.28. The Balaban J connectivity index is 2.76. The van der Waals surface area contributed by atoms with Crippen LogP contribution in [0.25, 0.3) is 0 Å². The fourth-order valence-corrected chi connectivity index (χ4v) is 1.34. The number of alkyl halides is 2. The van der Waals surface area contributed by atoms with Gasteiger partial charge in [-0.1, -0.05) is 0 Å². The van der Waals surface area contributed by atoms with Crippen molar-refractivity contribution in [2.24, 2.45) is 0 Å². The summed E-state index contributed by atoms with van der Waals surface area (Å²) in [7, 11) is 0. The molecule has 1 heterocycles. The molecule has 0 aliphatic heterocycles. The Labute approximate surface area is 107 Å². The molecule has 1 aromatic heterocycles. The molecule has 0 fully saturated rings. The van der Waals surface area contributed by atoms with Crippen LogP contribution in [-0.4, -0.2) is 23.6 Å². The van der Waals surface area contributed by atoms with Gasteiger partial charge in [-0.25, -0.2) is 8.78 Å². The minimum absolute atomic E-state index is 0.0507. The highest BCUT2D eigenvalue weighted by Crippen LogP contribution is 2.20. The highest BCUT2D eigenvalue weighted by atomic mass is 19.3. The van der Waals surface area contributed by atoms with Gasteiger partial charge in [-0.3, -0.25) is 4.98 Å². The average molecular weight is 258 g/mol. The number of hydrogen-bond donors (Lipinski definition) is 1. The molecule has 0 saturated heterocycles. The number of hydrogen-bond acceptors (Lipinski definition) is 3. The molecule has 18 heavy (non-hydrogen) atoms. The first kappa shape index (κ1) is 14.8. The molecule has 0 bridgehead atoms. The summed E-state index contributed by atoms with van der Waals surface area (Å²) in [5.41, 5.74) is 1.49. The molecule has 0 aliphatic rings. The number of ether oxygens (including phenoxy) is 1. The van der Waals surface area contributed by atoms with Crippen LogP contribution in [0.2, 0.25) is 0 Å². The van der Waals surface area contributed by atoms with Crippen molar-refractivity contribution < 1.29 is 13.5 Å². The fraction of sp³-hybridized carbons (Fsp3) is 0.615. The van der Waals surface area contributed by atoms with Crippen LogP contribution in [0, 0.1) is 6.92 Å². The van der Waals surface area contributed by atoms with Gasteiger partial charge in [0.15, 0.2) is 0 Å². The maximum atomic E-state index is 12.2. The van der Waals surface area contributed by atoms with Crippen LogP contribution in [0.5, 0.6) is 5.75 Å². The van der Waals surface area contributed by atoms with E-state index >= 15 is 0 Å². The van der Waals surface area contributed by atoms with Crippen molar-refractivity contribution >= 4 is 0 Å². The highest BCUT2D eigenvalue weighted by molar-refractivity contribution is 5.32. The molecule has 0 saturated carbocycles. The Hall–Kier alpha value is -1.23. The second-order valence-electron chi connectivity index (χ2n) is 5.24. The second-order valence-corrected chi connectivity index (χ2v) is 5.24. The zero-order chi connectivity index (χ0) is 13.8. The largest absolute Gasteiger partial charge is 0.487 e. The van der Waals surface area contributed by atoms with Crippen LogP contribution in [0.1, 0.15) is 32.0 Å². The highest BCUT2D eigenvalue weighted by Gasteiger charge is 2.13. The van der Waals surface area contributed by atoms with Crippen LogP contribution in [0.4, 0.5) is 8.78 Å². The van der Waals surface area contributed by atoms with E-state index in [9.17, 15) is 8.78 Å². The van der Waals surface area contributed by atoms with Crippen molar-refractivity contribution in [3.8, 4) is 5.75 Å². The standard InChI is InChI=1S/C13H20F2N2O/c1-9-5-11(18-8-12(14)15)10(6-16-9)7-17-13(2,3)4/h5-6,12,17H,7-8H2,1-4H3. The summed E-state index contributed by atoms with van der Waals surface area (Å²) >= 11 is 0. The van der Waals surface area contributed by atoms with Crippen LogP contribution < -0.4 is 10.1 Å². The molecule has 0 aromatic carbocycles. The van der Waals surface area contributed by atoms with Gasteiger partial charge < -0.3 is 10.1 Å². The predicted molar refractivity (Wildman–Crippen MR) is 67.1 cm³/mol. The maximum Gasteiger partial charge on any atom is 0.272 e. The number of halogens is 2. The van der Waals surface area contributed by atoms with Crippen molar-refractivity contribution in [3.63, 3.8) is 0 Å². The Morgan fingerprint density at radius 2 is 2.06 bits per heavy atom. The molecular formula is C13H20F2N2O. The predicted octanol–water partition coefficient (Wildman–Crippen LogP) is 2.92. The van der Waals surface area contributed by atoms with Gasteiger partial charge in [0.25, 0.3) is 6.43 Å². The van der Waals surface area contributed by atoms with E-state index in [0.29, 0.717) is 12.3 Å². The van der Waals surface area contributed by atoms with E-state index in [1.165, 1.54) is 0 Å². The van der Waals surface area contributed by atoms with E-state index in [0.717, 1.165) is 11.3 Å². The SMILES string of the molecule is Cc1cc(OCC(F)F)c(CNC(C)(C)C)cn1. The molecule has 0 unspecified atom stereocenters. The second kappa shape index (κ2) is 6.09. The lowest BCUT2D eigenvalue weighted by molar-refractivity contribution is 0.0812. The van der Waals surface area contributed by atoms with Gasteiger partial charge >= 0.3 is 0 Å². The third kappa shape index (κ3) is 5.40. The summed E-state index contributed by atoms with van der Waals surface area (Å²) in [5, 5.41) is 3.28. The molecule has 0 amide bonds. The molecule has 1 aromatic rings. The van der Waals surface area contributed by atoms with E-state index < -0.39 is 13.0 Å². The lowest BCUT2D eigenvalue weighted by atomic mass is 10.1. The Morgan fingerprint density at radius 1 is 1.39 bits per heavy atom. The summed E-state index contributed by atoms with van der Waals surface area (Å²) in [6.07, 6.45) is -0.809. The lowest BCUT2D eigenvalue weighted by Gasteiger charge is -2.21. The van der Waals surface area contributed by atoms with Gasteiger partial charge in [0, 0.05) is 35.6 Å². The average Bonchev–Trinajstić information content (AvgIpc) is 2.23. The van der Waals surface area contributed by atoms with E-state index in [-0.39, 0.29) is 5.54 Å². The molecular weight excluding hydrogens is 238 g/mol. The fourth-order valence-electron chi connectivity index (χ4n) is 1.34. The zero-order valence-electron chi connectivity index (χ0n) is 11.3. The van der Waals surface area contributed by atoms with Gasteiger partial charge in [0.1, 0.15) is 12.4 Å². The molecule has 0 radical (unpaired) electrons. The van der Waals surface area contributed by atoms with Gasteiger partial charge in [-0.15, -0.1) is 0 Å². The molecule has 0 spiro atoms. The monoisotopic (exact) mass is 258 g/mol. The summed E-state index contributed by atoms with van der Waals surface area (Å²) in [4.78, 5) is 4.16. The smallest absolute Gasteiger partial charge is 0.272 e. The molecule has 0 aliphatic carbocycles. The lowest BCUT2D eigenvalue weighted by Crippen LogP contribution is -2.35. The number of rotatable bonds is 5. The Bertz CT molecular complexity index is 389. The van der Waals surface area contributed by atoms with Crippen LogP contribution in [0.15, 0.2) is 12.3 Å². The van der Waals surface area contributed by atoms with Crippen molar-refractivity contribution in [2.75, 3.05) is 6.61 Å². The van der Waals surface area contributed by atoms with Gasteiger partial charge in [0.05, 0.1) is 0 Å². The van der Waals surface area contributed by atoms with Crippen molar-refractivity contribution in [2.45, 2.75) is 46.2 Å². The van der Waals surface area contributed by atoms with Crippen molar-refractivity contribution in [1.82, 2.24) is 10.3 Å². The quantitative estimate of drug-likeness (QED) is 0.881. The number of nitrogens with zero attached hydrogens (tertiary/aromatic N) is 1. The summed E-state index contributed by atoms with van der Waals surface area (Å²) in [6.45, 7) is 7.86. The Morgan fingerprint density at radius 3 is 2.61 bits per heavy atom.